The highest BCUT2D eigenvalue weighted by atomic mass is 16.4. The maximum Gasteiger partial charge on any atom is 0.328 e. The molecule has 0 spiro atoms. The van der Waals surface area contributed by atoms with E-state index in [4.69, 9.17) is 5.11 Å². The smallest absolute Gasteiger partial charge is 0.328 e. The van der Waals surface area contributed by atoms with Crippen LogP contribution in [0.2, 0.25) is 0 Å². The first-order chi connectivity index (χ1) is 7.15. The van der Waals surface area contributed by atoms with Crippen molar-refractivity contribution in [2.45, 2.75) is 18.9 Å². The summed E-state index contributed by atoms with van der Waals surface area (Å²) in [7, 11) is 0. The summed E-state index contributed by atoms with van der Waals surface area (Å²) in [6.45, 7) is 2.73. The zero-order valence-corrected chi connectivity index (χ0v) is 8.67. The van der Waals surface area contributed by atoms with Crippen LogP contribution in [0.15, 0.2) is 12.2 Å². The summed E-state index contributed by atoms with van der Waals surface area (Å²) in [5, 5.41) is 17.9. The normalized spacial score (nSPS) is 36.2. The highest BCUT2D eigenvalue weighted by Gasteiger charge is 2.39. The van der Waals surface area contributed by atoms with Crippen LogP contribution in [0.3, 0.4) is 0 Å². The second-order valence-electron chi connectivity index (χ2n) is 4.60. The Morgan fingerprint density at radius 2 is 1.93 bits per heavy atom. The molecular weight excluding hydrogens is 194 g/mol. The summed E-state index contributed by atoms with van der Waals surface area (Å²) >= 11 is 0. The molecule has 0 radical (unpaired) electrons. The average Bonchev–Trinajstić information content (AvgIpc) is 2.60. The van der Waals surface area contributed by atoms with Crippen molar-refractivity contribution < 1.29 is 15.0 Å². The maximum atomic E-state index is 10.3. The molecule has 2 aliphatic rings. The lowest BCUT2D eigenvalue weighted by Crippen LogP contribution is -2.23. The maximum absolute atomic E-state index is 10.3. The minimum absolute atomic E-state index is 0.100. The van der Waals surface area contributed by atoms with Crippen LogP contribution >= 0.6 is 0 Å². The van der Waals surface area contributed by atoms with Crippen molar-refractivity contribution in [2.24, 2.45) is 11.8 Å². The standard InChI is InChI=1S/C11H17NO3/c13-10-4-8-6-12(7-9(8)5-10)3-1-2-11(14)15/h1-2,8-10,13H,3-7H2,(H,14,15)/b2-1+/t8-,9+,10?. The highest BCUT2D eigenvalue weighted by molar-refractivity contribution is 5.79. The van der Waals surface area contributed by atoms with Crippen molar-refractivity contribution >= 4 is 5.97 Å². The van der Waals surface area contributed by atoms with Crippen LogP contribution in [0.4, 0.5) is 0 Å². The molecule has 1 unspecified atom stereocenters. The van der Waals surface area contributed by atoms with Gasteiger partial charge in [0.1, 0.15) is 0 Å². The molecule has 0 aromatic carbocycles. The number of carbonyl (C=O) groups is 1. The molecule has 1 aliphatic heterocycles. The van der Waals surface area contributed by atoms with Crippen LogP contribution < -0.4 is 0 Å². The van der Waals surface area contributed by atoms with Gasteiger partial charge in [0.05, 0.1) is 6.10 Å². The molecule has 84 valence electrons. The lowest BCUT2D eigenvalue weighted by molar-refractivity contribution is -0.131. The third-order valence-corrected chi connectivity index (χ3v) is 3.43. The van der Waals surface area contributed by atoms with Crippen LogP contribution in [-0.2, 0) is 4.79 Å². The van der Waals surface area contributed by atoms with Gasteiger partial charge in [-0.15, -0.1) is 0 Å². The molecule has 1 heterocycles. The molecule has 1 saturated heterocycles. The number of aliphatic carboxylic acids is 1. The van der Waals surface area contributed by atoms with Gasteiger partial charge >= 0.3 is 5.97 Å². The Hall–Kier alpha value is -0.870. The minimum Gasteiger partial charge on any atom is -0.478 e. The van der Waals surface area contributed by atoms with Crippen LogP contribution in [0.1, 0.15) is 12.8 Å². The van der Waals surface area contributed by atoms with Gasteiger partial charge in [0, 0.05) is 25.7 Å². The Labute approximate surface area is 89.2 Å². The van der Waals surface area contributed by atoms with E-state index < -0.39 is 5.97 Å². The summed E-state index contributed by atoms with van der Waals surface area (Å²) < 4.78 is 0. The Bertz CT molecular complexity index is 263. The first kappa shape index (κ1) is 10.6. The van der Waals surface area contributed by atoms with Crippen molar-refractivity contribution in [3.05, 3.63) is 12.2 Å². The first-order valence-electron chi connectivity index (χ1n) is 5.45. The van der Waals surface area contributed by atoms with E-state index in [0.29, 0.717) is 11.8 Å². The highest BCUT2D eigenvalue weighted by Crippen LogP contribution is 2.37. The number of carboxylic acid groups (broad SMARTS) is 1. The summed E-state index contributed by atoms with van der Waals surface area (Å²) in [6, 6.07) is 0. The molecule has 15 heavy (non-hydrogen) atoms. The number of hydrogen-bond donors (Lipinski definition) is 2. The van der Waals surface area contributed by atoms with E-state index >= 15 is 0 Å². The number of likely N-dealkylation sites (tertiary alicyclic amines) is 1. The molecule has 4 heteroatoms. The van der Waals surface area contributed by atoms with E-state index in [1.54, 1.807) is 6.08 Å². The van der Waals surface area contributed by atoms with E-state index in [9.17, 15) is 9.90 Å². The zero-order valence-electron chi connectivity index (χ0n) is 8.67. The van der Waals surface area contributed by atoms with Crippen molar-refractivity contribution in [2.75, 3.05) is 19.6 Å². The van der Waals surface area contributed by atoms with Crippen molar-refractivity contribution in [3.8, 4) is 0 Å². The fraction of sp³-hybridized carbons (Fsp3) is 0.727. The Balaban J connectivity index is 1.77. The van der Waals surface area contributed by atoms with Gasteiger partial charge in [0.2, 0.25) is 0 Å². The molecule has 2 N–H and O–H groups in total. The summed E-state index contributed by atoms with van der Waals surface area (Å²) in [5.74, 6) is 0.362. The van der Waals surface area contributed by atoms with Crippen LogP contribution in [0, 0.1) is 11.8 Å². The van der Waals surface area contributed by atoms with Crippen LogP contribution in [0.25, 0.3) is 0 Å². The predicted octanol–water partition coefficient (Wildman–Crippen LogP) is 0.330. The van der Waals surface area contributed by atoms with Crippen LogP contribution in [0.5, 0.6) is 0 Å². The molecule has 3 atom stereocenters. The fourth-order valence-corrected chi connectivity index (χ4v) is 2.82. The van der Waals surface area contributed by atoms with E-state index in [1.165, 1.54) is 6.08 Å². The third kappa shape index (κ3) is 2.58. The van der Waals surface area contributed by atoms with Gasteiger partial charge in [0.25, 0.3) is 0 Å². The lowest BCUT2D eigenvalue weighted by Gasteiger charge is -2.14. The van der Waals surface area contributed by atoms with Gasteiger partial charge in [-0.1, -0.05) is 6.08 Å². The lowest BCUT2D eigenvalue weighted by atomic mass is 10.0. The molecule has 0 amide bonds. The van der Waals surface area contributed by atoms with E-state index in [1.807, 2.05) is 0 Å². The predicted molar refractivity (Wildman–Crippen MR) is 55.4 cm³/mol. The SMILES string of the molecule is O=C(O)/C=C/CN1C[C@H]2CC(O)C[C@H]2C1. The van der Waals surface area contributed by atoms with Gasteiger partial charge < -0.3 is 10.2 Å². The summed E-state index contributed by atoms with van der Waals surface area (Å²) in [6.07, 6.45) is 4.63. The molecule has 0 aromatic heterocycles. The van der Waals surface area contributed by atoms with Gasteiger partial charge in [-0.25, -0.2) is 4.79 Å². The molecule has 2 fully saturated rings. The molecule has 0 aromatic rings. The van der Waals surface area contributed by atoms with Gasteiger partial charge in [0.15, 0.2) is 0 Å². The number of fused-ring (bicyclic) bond motifs is 1. The summed E-state index contributed by atoms with van der Waals surface area (Å²) in [4.78, 5) is 12.5. The van der Waals surface area contributed by atoms with Crippen molar-refractivity contribution in [1.29, 1.82) is 0 Å². The Kier molecular flexibility index (Phi) is 3.07. The van der Waals surface area contributed by atoms with E-state index in [-0.39, 0.29) is 6.10 Å². The molecule has 2 rings (SSSR count). The number of nitrogens with zero attached hydrogens (tertiary/aromatic N) is 1. The second kappa shape index (κ2) is 4.33. The van der Waals surface area contributed by atoms with Crippen LogP contribution in [-0.4, -0.2) is 46.8 Å². The quantitative estimate of drug-likeness (QED) is 0.660. The van der Waals surface area contributed by atoms with E-state index in [0.717, 1.165) is 32.5 Å². The van der Waals surface area contributed by atoms with Gasteiger partial charge in [-0.3, -0.25) is 4.90 Å². The van der Waals surface area contributed by atoms with Gasteiger partial charge in [-0.05, 0) is 24.7 Å². The zero-order chi connectivity index (χ0) is 10.8. The monoisotopic (exact) mass is 211 g/mol. The second-order valence-corrected chi connectivity index (χ2v) is 4.60. The number of carboxylic acids is 1. The minimum atomic E-state index is -0.884. The number of hydrogen-bond acceptors (Lipinski definition) is 3. The number of aliphatic hydroxyl groups is 1. The number of aliphatic hydroxyl groups excluding tert-OH is 1. The van der Waals surface area contributed by atoms with Crippen molar-refractivity contribution in [3.63, 3.8) is 0 Å². The summed E-state index contributed by atoms with van der Waals surface area (Å²) in [5.41, 5.74) is 0. The number of rotatable bonds is 3. The Morgan fingerprint density at radius 3 is 2.47 bits per heavy atom. The fourth-order valence-electron chi connectivity index (χ4n) is 2.82. The topological polar surface area (TPSA) is 60.8 Å². The first-order valence-corrected chi connectivity index (χ1v) is 5.45. The molecule has 1 saturated carbocycles. The Morgan fingerprint density at radius 1 is 1.33 bits per heavy atom. The average molecular weight is 211 g/mol. The van der Waals surface area contributed by atoms with E-state index in [2.05, 4.69) is 4.90 Å². The molecule has 4 nitrogen and oxygen atoms in total. The molecular formula is C11H17NO3. The van der Waals surface area contributed by atoms with Gasteiger partial charge in [-0.2, -0.15) is 0 Å². The molecule has 0 bridgehead atoms. The largest absolute Gasteiger partial charge is 0.478 e. The van der Waals surface area contributed by atoms with Crippen molar-refractivity contribution in [1.82, 2.24) is 4.90 Å². The third-order valence-electron chi connectivity index (χ3n) is 3.43. The molecule has 1 aliphatic carbocycles.